The summed E-state index contributed by atoms with van der Waals surface area (Å²) in [5.41, 5.74) is 0.464. The fourth-order valence-corrected chi connectivity index (χ4v) is 4.27. The Hall–Kier alpha value is -4.11. The standard InChI is InChI=1S/C30H37N3O6/c1-6-16-33(28(37)24(18-34)32-29(38)39-30(3,4)5)25(23-13-9-10-19(2)26(23)35)27(36)31-22-15-14-20-11-7-8-12-21(20)17-22/h7-15,17,24-25,34-35H,6,16,18H2,1-5H3,(H,31,36)(H,32,38). The first-order chi connectivity index (χ1) is 18.4. The number of carbonyl (C=O) groups excluding carboxylic acids is 3. The van der Waals surface area contributed by atoms with Crippen molar-refractivity contribution in [1.82, 2.24) is 10.2 Å². The van der Waals surface area contributed by atoms with Crippen LogP contribution in [0.3, 0.4) is 0 Å². The monoisotopic (exact) mass is 535 g/mol. The first-order valence-electron chi connectivity index (χ1n) is 12.9. The van der Waals surface area contributed by atoms with E-state index in [-0.39, 0.29) is 17.9 Å². The number of fused-ring (bicyclic) bond motifs is 1. The van der Waals surface area contributed by atoms with Crippen molar-refractivity contribution in [2.24, 2.45) is 0 Å². The van der Waals surface area contributed by atoms with E-state index in [0.29, 0.717) is 17.7 Å². The van der Waals surface area contributed by atoms with Crippen molar-refractivity contribution >= 4 is 34.4 Å². The summed E-state index contributed by atoms with van der Waals surface area (Å²) in [6, 6.07) is 15.5. The molecule has 0 aliphatic rings. The minimum Gasteiger partial charge on any atom is -0.507 e. The van der Waals surface area contributed by atoms with Gasteiger partial charge < -0.3 is 30.5 Å². The molecule has 208 valence electrons. The highest BCUT2D eigenvalue weighted by Crippen LogP contribution is 2.33. The van der Waals surface area contributed by atoms with Crippen LogP contribution in [-0.2, 0) is 14.3 Å². The fourth-order valence-electron chi connectivity index (χ4n) is 4.27. The Kier molecular flexibility index (Phi) is 9.53. The number of ether oxygens (including phenoxy) is 1. The third-order valence-corrected chi connectivity index (χ3v) is 6.06. The maximum atomic E-state index is 13.9. The number of alkyl carbamates (subject to hydrolysis) is 1. The molecule has 3 amide bonds. The molecule has 2 unspecified atom stereocenters. The summed E-state index contributed by atoms with van der Waals surface area (Å²) in [4.78, 5) is 41.3. The lowest BCUT2D eigenvalue weighted by molar-refractivity contribution is -0.141. The summed E-state index contributed by atoms with van der Waals surface area (Å²) < 4.78 is 5.25. The number of hydrogen-bond acceptors (Lipinski definition) is 6. The van der Waals surface area contributed by atoms with Crippen LogP contribution in [0.2, 0.25) is 0 Å². The molecular formula is C30H37N3O6. The highest BCUT2D eigenvalue weighted by molar-refractivity contribution is 6.00. The van der Waals surface area contributed by atoms with Crippen LogP contribution in [0, 0.1) is 6.92 Å². The Morgan fingerprint density at radius 1 is 1.00 bits per heavy atom. The Labute approximate surface area is 228 Å². The molecule has 0 aromatic heterocycles. The Morgan fingerprint density at radius 2 is 1.69 bits per heavy atom. The molecule has 3 rings (SSSR count). The lowest BCUT2D eigenvalue weighted by Crippen LogP contribution is -2.54. The predicted molar refractivity (Wildman–Crippen MR) is 150 cm³/mol. The average Bonchev–Trinajstić information content (AvgIpc) is 2.87. The number of benzene rings is 3. The number of aliphatic hydroxyl groups excluding tert-OH is 1. The number of anilines is 1. The molecule has 3 aromatic carbocycles. The highest BCUT2D eigenvalue weighted by Gasteiger charge is 2.37. The molecule has 0 fully saturated rings. The van der Waals surface area contributed by atoms with Crippen LogP contribution in [0.15, 0.2) is 60.7 Å². The lowest BCUT2D eigenvalue weighted by Gasteiger charge is -2.34. The van der Waals surface area contributed by atoms with Gasteiger partial charge in [-0.15, -0.1) is 0 Å². The number of para-hydroxylation sites is 1. The average molecular weight is 536 g/mol. The second-order valence-corrected chi connectivity index (χ2v) is 10.4. The number of nitrogens with zero attached hydrogens (tertiary/aromatic N) is 1. The second-order valence-electron chi connectivity index (χ2n) is 10.4. The molecule has 0 bridgehead atoms. The van der Waals surface area contributed by atoms with Gasteiger partial charge in [0.05, 0.1) is 6.61 Å². The summed E-state index contributed by atoms with van der Waals surface area (Å²) in [6.07, 6.45) is -0.398. The molecule has 9 nitrogen and oxygen atoms in total. The van der Waals surface area contributed by atoms with Gasteiger partial charge >= 0.3 is 6.09 Å². The number of rotatable bonds is 9. The third-order valence-electron chi connectivity index (χ3n) is 6.06. The van der Waals surface area contributed by atoms with E-state index in [4.69, 9.17) is 4.74 Å². The highest BCUT2D eigenvalue weighted by atomic mass is 16.6. The van der Waals surface area contributed by atoms with Crippen molar-refractivity contribution in [2.75, 3.05) is 18.5 Å². The van der Waals surface area contributed by atoms with Gasteiger partial charge in [-0.25, -0.2) is 4.79 Å². The number of amides is 3. The van der Waals surface area contributed by atoms with Crippen molar-refractivity contribution in [3.8, 4) is 5.75 Å². The minimum atomic E-state index is -1.37. The fraction of sp³-hybridized carbons (Fsp3) is 0.367. The van der Waals surface area contributed by atoms with E-state index in [1.165, 1.54) is 4.90 Å². The molecule has 3 aromatic rings. The van der Waals surface area contributed by atoms with Crippen LogP contribution >= 0.6 is 0 Å². The van der Waals surface area contributed by atoms with Crippen LogP contribution in [0.4, 0.5) is 10.5 Å². The van der Waals surface area contributed by atoms with Crippen molar-refractivity contribution in [3.63, 3.8) is 0 Å². The number of aryl methyl sites for hydroxylation is 1. The van der Waals surface area contributed by atoms with Gasteiger partial charge in [-0.2, -0.15) is 0 Å². The summed E-state index contributed by atoms with van der Waals surface area (Å²) in [6.45, 7) is 7.98. The van der Waals surface area contributed by atoms with Gasteiger partial charge in [0, 0.05) is 17.8 Å². The molecular weight excluding hydrogens is 498 g/mol. The molecule has 0 aliphatic heterocycles. The maximum absolute atomic E-state index is 13.9. The lowest BCUT2D eigenvalue weighted by atomic mass is 9.99. The van der Waals surface area contributed by atoms with Crippen molar-refractivity contribution in [3.05, 3.63) is 71.8 Å². The van der Waals surface area contributed by atoms with Crippen molar-refractivity contribution < 1.29 is 29.3 Å². The number of phenolic OH excluding ortho intramolecular Hbond substituents is 1. The minimum absolute atomic E-state index is 0.120. The van der Waals surface area contributed by atoms with Crippen molar-refractivity contribution in [2.45, 2.75) is 58.7 Å². The Morgan fingerprint density at radius 3 is 2.33 bits per heavy atom. The van der Waals surface area contributed by atoms with Gasteiger partial charge in [0.2, 0.25) is 5.91 Å². The topological polar surface area (TPSA) is 128 Å². The van der Waals surface area contributed by atoms with Gasteiger partial charge in [-0.3, -0.25) is 9.59 Å². The molecule has 0 saturated carbocycles. The van der Waals surface area contributed by atoms with Crippen LogP contribution in [0.1, 0.15) is 51.3 Å². The quantitative estimate of drug-likeness (QED) is 0.316. The first kappa shape index (κ1) is 29.4. The van der Waals surface area contributed by atoms with E-state index in [2.05, 4.69) is 10.6 Å². The van der Waals surface area contributed by atoms with Crippen LogP contribution in [-0.4, -0.2) is 57.8 Å². The smallest absolute Gasteiger partial charge is 0.408 e. The largest absolute Gasteiger partial charge is 0.507 e. The van der Waals surface area contributed by atoms with E-state index in [1.807, 2.05) is 43.3 Å². The van der Waals surface area contributed by atoms with Crippen molar-refractivity contribution in [1.29, 1.82) is 0 Å². The zero-order valence-electron chi connectivity index (χ0n) is 23.0. The molecule has 0 aliphatic carbocycles. The number of nitrogens with one attached hydrogen (secondary N) is 2. The van der Waals surface area contributed by atoms with E-state index in [0.717, 1.165) is 10.8 Å². The number of aliphatic hydroxyl groups is 1. The molecule has 0 spiro atoms. The Balaban J connectivity index is 2.01. The van der Waals surface area contributed by atoms with Gasteiger partial charge in [0.15, 0.2) is 0 Å². The molecule has 0 saturated heterocycles. The second kappa shape index (κ2) is 12.6. The van der Waals surface area contributed by atoms with E-state index >= 15 is 0 Å². The predicted octanol–water partition coefficient (Wildman–Crippen LogP) is 4.66. The molecule has 39 heavy (non-hydrogen) atoms. The maximum Gasteiger partial charge on any atom is 0.408 e. The van der Waals surface area contributed by atoms with E-state index < -0.39 is 42.2 Å². The molecule has 4 N–H and O–H groups in total. The SMILES string of the molecule is CCCN(C(=O)C(CO)NC(=O)OC(C)(C)C)C(C(=O)Nc1ccc2ccccc2c1)c1cccc(C)c1O. The summed E-state index contributed by atoms with van der Waals surface area (Å²) in [5.74, 6) is -1.36. The van der Waals surface area contributed by atoms with Gasteiger partial charge in [-0.1, -0.05) is 55.5 Å². The number of phenols is 1. The van der Waals surface area contributed by atoms with Gasteiger partial charge in [-0.05, 0) is 62.6 Å². The summed E-state index contributed by atoms with van der Waals surface area (Å²) in [7, 11) is 0. The number of carbonyl (C=O) groups is 3. The first-order valence-corrected chi connectivity index (χ1v) is 12.9. The van der Waals surface area contributed by atoms with E-state index in [1.54, 1.807) is 52.0 Å². The number of aromatic hydroxyl groups is 1. The Bertz CT molecular complexity index is 1330. The zero-order valence-corrected chi connectivity index (χ0v) is 23.0. The molecule has 2 atom stereocenters. The van der Waals surface area contributed by atoms with Gasteiger partial charge in [0.1, 0.15) is 23.4 Å². The van der Waals surface area contributed by atoms with Crippen LogP contribution < -0.4 is 10.6 Å². The zero-order chi connectivity index (χ0) is 28.7. The van der Waals surface area contributed by atoms with Crippen LogP contribution in [0.5, 0.6) is 5.75 Å². The third kappa shape index (κ3) is 7.48. The van der Waals surface area contributed by atoms with E-state index in [9.17, 15) is 24.6 Å². The van der Waals surface area contributed by atoms with Gasteiger partial charge in [0.25, 0.3) is 5.91 Å². The molecule has 0 heterocycles. The number of hydrogen-bond donors (Lipinski definition) is 4. The molecule has 9 heteroatoms. The van der Waals surface area contributed by atoms with Crippen LogP contribution in [0.25, 0.3) is 10.8 Å². The summed E-state index contributed by atoms with van der Waals surface area (Å²) in [5, 5.41) is 28.2. The summed E-state index contributed by atoms with van der Waals surface area (Å²) >= 11 is 0. The normalized spacial score (nSPS) is 12.9. The molecule has 0 radical (unpaired) electrons.